The molecule has 0 aliphatic heterocycles. The van der Waals surface area contributed by atoms with Crippen LogP contribution in [-0.2, 0) is 4.74 Å². The van der Waals surface area contributed by atoms with Crippen LogP contribution in [0.15, 0.2) is 54.7 Å². The number of para-hydroxylation sites is 1. The quantitative estimate of drug-likeness (QED) is 0.443. The molecule has 1 atom stereocenters. The monoisotopic (exact) mass is 324 g/mol. The molecule has 0 radical (unpaired) electrons. The second-order valence-electron chi connectivity index (χ2n) is 5.44. The number of methoxy groups -OCH3 is 1. The Balaban J connectivity index is 2.15. The van der Waals surface area contributed by atoms with Gasteiger partial charge < -0.3 is 9.72 Å². The van der Waals surface area contributed by atoms with E-state index in [4.69, 9.17) is 4.74 Å². The van der Waals surface area contributed by atoms with Gasteiger partial charge in [0.05, 0.1) is 24.1 Å². The summed E-state index contributed by atoms with van der Waals surface area (Å²) < 4.78 is 4.80. The summed E-state index contributed by atoms with van der Waals surface area (Å²) in [6.45, 7) is -0.223. The first-order chi connectivity index (χ1) is 11.6. The van der Waals surface area contributed by atoms with Crippen molar-refractivity contribution in [2.75, 3.05) is 13.7 Å². The van der Waals surface area contributed by atoms with Crippen LogP contribution in [0.3, 0.4) is 0 Å². The van der Waals surface area contributed by atoms with Gasteiger partial charge in [0.2, 0.25) is 6.54 Å². The number of carbonyl (C=O) groups excluding carboxylic acids is 1. The maximum atomic E-state index is 11.9. The number of rotatable bonds is 5. The second-order valence-corrected chi connectivity index (χ2v) is 5.44. The Morgan fingerprint density at radius 3 is 2.62 bits per heavy atom. The molecule has 1 N–H and O–H groups in total. The normalized spacial score (nSPS) is 12.0. The summed E-state index contributed by atoms with van der Waals surface area (Å²) in [7, 11) is 1.32. The highest BCUT2D eigenvalue weighted by molar-refractivity contribution is 6.04. The van der Waals surface area contributed by atoms with Gasteiger partial charge in [-0.15, -0.1) is 0 Å². The van der Waals surface area contributed by atoms with Crippen LogP contribution in [0.4, 0.5) is 0 Å². The van der Waals surface area contributed by atoms with Crippen molar-refractivity contribution >= 4 is 16.9 Å². The molecular formula is C18H16N2O4. The smallest absolute Gasteiger partial charge is 0.339 e. The number of fused-ring (bicyclic) bond motifs is 1. The average Bonchev–Trinajstić information content (AvgIpc) is 3.03. The van der Waals surface area contributed by atoms with Gasteiger partial charge in [0.1, 0.15) is 0 Å². The molecule has 3 aromatic rings. The molecule has 0 saturated heterocycles. The lowest BCUT2D eigenvalue weighted by Gasteiger charge is -2.13. The van der Waals surface area contributed by atoms with Gasteiger partial charge in [0.25, 0.3) is 0 Å². The van der Waals surface area contributed by atoms with E-state index < -0.39 is 11.9 Å². The molecule has 1 unspecified atom stereocenters. The number of aromatic nitrogens is 1. The van der Waals surface area contributed by atoms with E-state index in [0.717, 1.165) is 16.5 Å². The van der Waals surface area contributed by atoms with Crippen LogP contribution in [0.1, 0.15) is 27.4 Å². The van der Waals surface area contributed by atoms with Crippen molar-refractivity contribution < 1.29 is 14.5 Å². The molecule has 1 heterocycles. The number of nitrogens with zero attached hydrogens (tertiary/aromatic N) is 1. The van der Waals surface area contributed by atoms with E-state index in [0.29, 0.717) is 11.1 Å². The fraction of sp³-hybridized carbons (Fsp3) is 0.167. The molecule has 24 heavy (non-hydrogen) atoms. The van der Waals surface area contributed by atoms with Crippen molar-refractivity contribution in [2.24, 2.45) is 0 Å². The molecule has 0 spiro atoms. The second kappa shape index (κ2) is 6.54. The highest BCUT2D eigenvalue weighted by atomic mass is 16.6. The number of esters is 1. The Bertz CT molecular complexity index is 886. The third-order valence-electron chi connectivity index (χ3n) is 4.06. The summed E-state index contributed by atoms with van der Waals surface area (Å²) in [5.41, 5.74) is 2.69. The van der Waals surface area contributed by atoms with Crippen LogP contribution >= 0.6 is 0 Å². The lowest BCUT2D eigenvalue weighted by Crippen LogP contribution is -2.13. The lowest BCUT2D eigenvalue weighted by molar-refractivity contribution is -0.481. The lowest BCUT2D eigenvalue weighted by atomic mass is 9.90. The number of carbonyl (C=O) groups is 1. The number of nitrogens with one attached hydrogen (secondary N) is 1. The molecule has 0 aliphatic rings. The Labute approximate surface area is 138 Å². The summed E-state index contributed by atoms with van der Waals surface area (Å²) in [5.74, 6) is -0.845. The molecule has 0 saturated carbocycles. The minimum atomic E-state index is -0.445. The van der Waals surface area contributed by atoms with Crippen molar-refractivity contribution in [2.45, 2.75) is 5.92 Å². The van der Waals surface area contributed by atoms with Gasteiger partial charge in [-0.05, 0) is 17.2 Å². The van der Waals surface area contributed by atoms with Crippen LogP contribution in [0.5, 0.6) is 0 Å². The number of hydrogen-bond acceptors (Lipinski definition) is 4. The molecular weight excluding hydrogens is 308 g/mol. The first kappa shape index (κ1) is 15.7. The van der Waals surface area contributed by atoms with Crippen molar-refractivity contribution in [3.8, 4) is 0 Å². The summed E-state index contributed by atoms with van der Waals surface area (Å²) in [6, 6.07) is 14.6. The molecule has 0 fully saturated rings. The van der Waals surface area contributed by atoms with Crippen molar-refractivity contribution in [3.63, 3.8) is 0 Å². The largest absolute Gasteiger partial charge is 0.465 e. The third-order valence-corrected chi connectivity index (χ3v) is 4.06. The number of ether oxygens (including phenoxy) is 1. The topological polar surface area (TPSA) is 85.2 Å². The Hall–Kier alpha value is -3.15. The number of aromatic amines is 1. The standard InChI is InChI=1S/C18H16N2O4/c1-24-18(21)14-9-5-8-13-15(10-19-17(13)14)16(11-20(22)23)12-6-3-2-4-7-12/h2-10,16,19H,11H2,1H3. The van der Waals surface area contributed by atoms with Gasteiger partial charge in [-0.25, -0.2) is 4.79 Å². The van der Waals surface area contributed by atoms with E-state index in [-0.39, 0.29) is 11.5 Å². The summed E-state index contributed by atoms with van der Waals surface area (Å²) in [6.07, 6.45) is 1.73. The van der Waals surface area contributed by atoms with E-state index in [1.54, 1.807) is 18.3 Å². The first-order valence-electron chi connectivity index (χ1n) is 7.47. The number of nitro groups is 1. The highest BCUT2D eigenvalue weighted by Crippen LogP contribution is 2.32. The number of benzene rings is 2. The van der Waals surface area contributed by atoms with Gasteiger partial charge >= 0.3 is 5.97 Å². The molecule has 0 aliphatic carbocycles. The zero-order valence-corrected chi connectivity index (χ0v) is 13.1. The molecule has 0 bridgehead atoms. The molecule has 6 heteroatoms. The third kappa shape index (κ3) is 2.86. The molecule has 6 nitrogen and oxygen atoms in total. The van der Waals surface area contributed by atoms with Crippen LogP contribution < -0.4 is 0 Å². The maximum Gasteiger partial charge on any atom is 0.339 e. The number of hydrogen-bond donors (Lipinski definition) is 1. The molecule has 2 aromatic carbocycles. The van der Waals surface area contributed by atoms with Crippen LogP contribution in [0, 0.1) is 10.1 Å². The van der Waals surface area contributed by atoms with Gasteiger partial charge in [0, 0.05) is 16.5 Å². The average molecular weight is 324 g/mol. The Kier molecular flexibility index (Phi) is 4.29. The maximum absolute atomic E-state index is 11.9. The van der Waals surface area contributed by atoms with E-state index in [1.165, 1.54) is 7.11 Å². The highest BCUT2D eigenvalue weighted by Gasteiger charge is 2.24. The van der Waals surface area contributed by atoms with Crippen molar-refractivity contribution in [1.29, 1.82) is 0 Å². The van der Waals surface area contributed by atoms with Crippen LogP contribution in [0.25, 0.3) is 10.9 Å². The summed E-state index contributed by atoms with van der Waals surface area (Å²) in [4.78, 5) is 25.8. The van der Waals surface area contributed by atoms with Crippen LogP contribution in [0.2, 0.25) is 0 Å². The first-order valence-corrected chi connectivity index (χ1v) is 7.47. The molecule has 1 aromatic heterocycles. The van der Waals surface area contributed by atoms with E-state index >= 15 is 0 Å². The minimum Gasteiger partial charge on any atom is -0.465 e. The van der Waals surface area contributed by atoms with Gasteiger partial charge in [0.15, 0.2) is 0 Å². The predicted octanol–water partition coefficient (Wildman–Crippen LogP) is 3.36. The van der Waals surface area contributed by atoms with Crippen molar-refractivity contribution in [1.82, 2.24) is 4.98 Å². The SMILES string of the molecule is COC(=O)c1cccc2c(C(C[N+](=O)[O-])c3ccccc3)c[nH]c12. The minimum absolute atomic E-state index is 0.223. The van der Waals surface area contributed by atoms with Gasteiger partial charge in [-0.3, -0.25) is 10.1 Å². The molecule has 3 rings (SSSR count). The van der Waals surface area contributed by atoms with Gasteiger partial charge in [-0.2, -0.15) is 0 Å². The predicted molar refractivity (Wildman–Crippen MR) is 89.8 cm³/mol. The van der Waals surface area contributed by atoms with Crippen LogP contribution in [-0.4, -0.2) is 29.5 Å². The fourth-order valence-corrected chi connectivity index (χ4v) is 2.96. The summed E-state index contributed by atoms with van der Waals surface area (Å²) in [5, 5.41) is 11.9. The van der Waals surface area contributed by atoms with E-state index in [9.17, 15) is 14.9 Å². The summed E-state index contributed by atoms with van der Waals surface area (Å²) >= 11 is 0. The Morgan fingerprint density at radius 1 is 1.21 bits per heavy atom. The molecule has 122 valence electrons. The fourth-order valence-electron chi connectivity index (χ4n) is 2.96. The number of H-pyrrole nitrogens is 1. The Morgan fingerprint density at radius 2 is 1.96 bits per heavy atom. The van der Waals surface area contributed by atoms with Crippen molar-refractivity contribution in [3.05, 3.63) is 81.5 Å². The zero-order valence-electron chi connectivity index (χ0n) is 13.1. The van der Waals surface area contributed by atoms with Gasteiger partial charge in [-0.1, -0.05) is 42.5 Å². The van der Waals surface area contributed by atoms with E-state index in [1.807, 2.05) is 36.4 Å². The van der Waals surface area contributed by atoms with E-state index in [2.05, 4.69) is 4.98 Å². The molecule has 0 amide bonds. The zero-order chi connectivity index (χ0) is 17.1.